The number of imidazole rings is 1. The van der Waals surface area contributed by atoms with Gasteiger partial charge in [-0.25, -0.2) is 14.3 Å². The monoisotopic (exact) mass is 280 g/mol. The molecule has 0 N–H and O–H groups in total. The first-order chi connectivity index (χ1) is 10.2. The molecule has 21 heavy (non-hydrogen) atoms. The second-order valence-corrected chi connectivity index (χ2v) is 5.06. The summed E-state index contributed by atoms with van der Waals surface area (Å²) in [5.74, 6) is 0.599. The van der Waals surface area contributed by atoms with E-state index in [9.17, 15) is 4.79 Å². The van der Waals surface area contributed by atoms with Gasteiger partial charge in [-0.1, -0.05) is 42.5 Å². The van der Waals surface area contributed by atoms with Gasteiger partial charge in [0.15, 0.2) is 5.82 Å². The Labute approximate surface area is 123 Å². The van der Waals surface area contributed by atoms with Crippen LogP contribution in [0.15, 0.2) is 54.6 Å². The van der Waals surface area contributed by atoms with Crippen LogP contribution < -0.4 is 0 Å². The minimum atomic E-state index is -0.405. The largest absolute Gasteiger partial charge is 0.446 e. The van der Waals surface area contributed by atoms with E-state index in [0.717, 1.165) is 16.6 Å². The molecule has 2 aromatic carbocycles. The van der Waals surface area contributed by atoms with Gasteiger partial charge in [0.25, 0.3) is 0 Å². The van der Waals surface area contributed by atoms with Crippen LogP contribution in [0.5, 0.6) is 0 Å². The van der Waals surface area contributed by atoms with Gasteiger partial charge in [-0.3, -0.25) is 0 Å². The number of nitrogens with zero attached hydrogens (tertiary/aromatic N) is 2. The van der Waals surface area contributed by atoms with E-state index in [-0.39, 0.29) is 6.10 Å². The zero-order valence-electron chi connectivity index (χ0n) is 12.0. The normalized spacial score (nSPS) is 11.0. The molecule has 3 rings (SSSR count). The Morgan fingerprint density at radius 2 is 1.71 bits per heavy atom. The summed E-state index contributed by atoms with van der Waals surface area (Å²) >= 11 is 0. The summed E-state index contributed by atoms with van der Waals surface area (Å²) in [7, 11) is 0. The summed E-state index contributed by atoms with van der Waals surface area (Å²) in [4.78, 5) is 17.0. The summed E-state index contributed by atoms with van der Waals surface area (Å²) in [5.41, 5.74) is 2.41. The molecule has 0 atom stereocenters. The van der Waals surface area contributed by atoms with Crippen molar-refractivity contribution in [3.63, 3.8) is 0 Å². The maximum Gasteiger partial charge on any atom is 0.420 e. The Morgan fingerprint density at radius 3 is 2.43 bits per heavy atom. The maximum atomic E-state index is 12.4. The van der Waals surface area contributed by atoms with E-state index in [1.807, 2.05) is 68.4 Å². The molecule has 0 amide bonds. The van der Waals surface area contributed by atoms with Crippen molar-refractivity contribution in [3.8, 4) is 11.4 Å². The van der Waals surface area contributed by atoms with E-state index in [2.05, 4.69) is 4.98 Å². The summed E-state index contributed by atoms with van der Waals surface area (Å²) < 4.78 is 6.88. The van der Waals surface area contributed by atoms with E-state index in [1.165, 1.54) is 4.57 Å². The molecule has 0 bridgehead atoms. The smallest absolute Gasteiger partial charge is 0.420 e. The highest BCUT2D eigenvalue weighted by molar-refractivity contribution is 5.91. The third-order valence-corrected chi connectivity index (χ3v) is 3.11. The van der Waals surface area contributed by atoms with E-state index < -0.39 is 6.09 Å². The van der Waals surface area contributed by atoms with Crippen LogP contribution in [0.1, 0.15) is 13.8 Å². The standard InChI is InChI=1S/C17H16N2O2/c1-12(2)21-17(20)19-15-11-7-6-10-14(15)18-16(19)13-8-4-3-5-9-13/h3-12H,1-2H3. The number of para-hydroxylation sites is 2. The van der Waals surface area contributed by atoms with Gasteiger partial charge in [-0.15, -0.1) is 0 Å². The number of carbonyl (C=O) groups is 1. The average Bonchev–Trinajstić information content (AvgIpc) is 2.87. The fourth-order valence-corrected chi connectivity index (χ4v) is 2.25. The van der Waals surface area contributed by atoms with Gasteiger partial charge < -0.3 is 4.74 Å². The number of ether oxygens (including phenoxy) is 1. The first-order valence-electron chi connectivity index (χ1n) is 6.90. The minimum absolute atomic E-state index is 0.178. The zero-order valence-corrected chi connectivity index (χ0v) is 12.0. The molecular formula is C17H16N2O2. The summed E-state index contributed by atoms with van der Waals surface area (Å²) in [5, 5.41) is 0. The Bertz CT molecular complexity index is 776. The van der Waals surface area contributed by atoms with Crippen molar-refractivity contribution in [1.82, 2.24) is 9.55 Å². The molecule has 1 aromatic heterocycles. The predicted octanol–water partition coefficient (Wildman–Crippen LogP) is 4.10. The van der Waals surface area contributed by atoms with E-state index in [4.69, 9.17) is 4.74 Å². The zero-order chi connectivity index (χ0) is 14.8. The van der Waals surface area contributed by atoms with Gasteiger partial charge in [0, 0.05) is 5.56 Å². The van der Waals surface area contributed by atoms with Crippen molar-refractivity contribution in [3.05, 3.63) is 54.6 Å². The molecule has 1 heterocycles. The van der Waals surface area contributed by atoms with Gasteiger partial charge in [0.05, 0.1) is 17.1 Å². The summed E-state index contributed by atoms with van der Waals surface area (Å²) in [6.45, 7) is 3.67. The molecule has 0 aliphatic rings. The fourth-order valence-electron chi connectivity index (χ4n) is 2.25. The Kier molecular flexibility index (Phi) is 3.44. The van der Waals surface area contributed by atoms with Crippen LogP contribution in [0, 0.1) is 0 Å². The van der Waals surface area contributed by atoms with Crippen molar-refractivity contribution >= 4 is 17.1 Å². The van der Waals surface area contributed by atoms with Gasteiger partial charge in [-0.2, -0.15) is 0 Å². The topological polar surface area (TPSA) is 44.1 Å². The number of aromatic nitrogens is 2. The number of fused-ring (bicyclic) bond motifs is 1. The molecule has 0 saturated heterocycles. The third kappa shape index (κ3) is 2.52. The van der Waals surface area contributed by atoms with Crippen LogP contribution in [-0.4, -0.2) is 21.7 Å². The Hall–Kier alpha value is -2.62. The van der Waals surface area contributed by atoms with Gasteiger partial charge in [0.2, 0.25) is 0 Å². The Morgan fingerprint density at radius 1 is 1.05 bits per heavy atom. The van der Waals surface area contributed by atoms with E-state index in [0.29, 0.717) is 5.82 Å². The molecule has 0 spiro atoms. The lowest BCUT2D eigenvalue weighted by atomic mass is 10.2. The number of hydrogen-bond donors (Lipinski definition) is 0. The molecule has 0 radical (unpaired) electrons. The summed E-state index contributed by atoms with van der Waals surface area (Å²) in [6.07, 6.45) is -0.583. The lowest BCUT2D eigenvalue weighted by molar-refractivity contribution is 0.118. The molecule has 4 nitrogen and oxygen atoms in total. The van der Waals surface area contributed by atoms with Crippen molar-refractivity contribution in [2.45, 2.75) is 20.0 Å². The van der Waals surface area contributed by atoms with Crippen molar-refractivity contribution in [2.24, 2.45) is 0 Å². The predicted molar refractivity (Wildman–Crippen MR) is 82.2 cm³/mol. The minimum Gasteiger partial charge on any atom is -0.446 e. The highest BCUT2D eigenvalue weighted by Crippen LogP contribution is 2.25. The van der Waals surface area contributed by atoms with Crippen LogP contribution in [0.4, 0.5) is 4.79 Å². The number of hydrogen-bond acceptors (Lipinski definition) is 3. The highest BCUT2D eigenvalue weighted by atomic mass is 16.6. The molecular weight excluding hydrogens is 264 g/mol. The number of benzene rings is 2. The lowest BCUT2D eigenvalue weighted by Crippen LogP contribution is -2.18. The molecule has 0 saturated carbocycles. The molecule has 4 heteroatoms. The first-order valence-corrected chi connectivity index (χ1v) is 6.90. The van der Waals surface area contributed by atoms with Crippen molar-refractivity contribution in [1.29, 1.82) is 0 Å². The van der Waals surface area contributed by atoms with Crippen LogP contribution >= 0.6 is 0 Å². The molecule has 0 aliphatic carbocycles. The number of rotatable bonds is 2. The second kappa shape index (κ2) is 5.40. The van der Waals surface area contributed by atoms with E-state index in [1.54, 1.807) is 0 Å². The van der Waals surface area contributed by atoms with Crippen LogP contribution in [-0.2, 0) is 4.74 Å². The van der Waals surface area contributed by atoms with E-state index >= 15 is 0 Å². The first kappa shape index (κ1) is 13.4. The van der Waals surface area contributed by atoms with Crippen LogP contribution in [0.3, 0.4) is 0 Å². The van der Waals surface area contributed by atoms with Crippen LogP contribution in [0.2, 0.25) is 0 Å². The molecule has 0 fully saturated rings. The van der Waals surface area contributed by atoms with Crippen molar-refractivity contribution in [2.75, 3.05) is 0 Å². The SMILES string of the molecule is CC(C)OC(=O)n1c(-c2ccccc2)nc2ccccc21. The van der Waals surface area contributed by atoms with Gasteiger partial charge >= 0.3 is 6.09 Å². The lowest BCUT2D eigenvalue weighted by Gasteiger charge is -2.11. The van der Waals surface area contributed by atoms with Gasteiger partial charge in [-0.05, 0) is 26.0 Å². The Balaban J connectivity index is 2.22. The quantitative estimate of drug-likeness (QED) is 0.710. The molecule has 106 valence electrons. The molecule has 0 unspecified atom stereocenters. The fraction of sp³-hybridized carbons (Fsp3) is 0.176. The van der Waals surface area contributed by atoms with Crippen molar-refractivity contribution < 1.29 is 9.53 Å². The summed E-state index contributed by atoms with van der Waals surface area (Å²) in [6, 6.07) is 17.2. The van der Waals surface area contributed by atoms with Crippen LogP contribution in [0.25, 0.3) is 22.4 Å². The second-order valence-electron chi connectivity index (χ2n) is 5.06. The van der Waals surface area contributed by atoms with Gasteiger partial charge in [0.1, 0.15) is 0 Å². The molecule has 3 aromatic rings. The highest BCUT2D eigenvalue weighted by Gasteiger charge is 2.19. The average molecular weight is 280 g/mol. The third-order valence-electron chi connectivity index (χ3n) is 3.11. The molecule has 0 aliphatic heterocycles. The number of carbonyl (C=O) groups excluding carboxylic acids is 1. The maximum absolute atomic E-state index is 12.4.